The second-order valence-corrected chi connectivity index (χ2v) is 4.79. The normalized spacial score (nSPS) is 10.2. The van der Waals surface area contributed by atoms with Crippen LogP contribution in [-0.2, 0) is 13.6 Å². The van der Waals surface area contributed by atoms with Crippen molar-refractivity contribution in [1.82, 2.24) is 20.4 Å². The second kappa shape index (κ2) is 7.47. The summed E-state index contributed by atoms with van der Waals surface area (Å²) in [4.78, 5) is 4.63. The number of aryl methyl sites for hydroxylation is 1. The van der Waals surface area contributed by atoms with Crippen LogP contribution in [0.15, 0.2) is 41.7 Å². The smallest absolute Gasteiger partial charge is 0.191 e. The zero-order valence-electron chi connectivity index (χ0n) is 12.9. The summed E-state index contributed by atoms with van der Waals surface area (Å²) in [6.07, 6.45) is 3.91. The number of benzene rings is 1. The van der Waals surface area contributed by atoms with Crippen molar-refractivity contribution in [2.45, 2.75) is 20.4 Å². The first-order valence-electron chi connectivity index (χ1n) is 7.33. The number of rotatable bonds is 5. The Balaban J connectivity index is 2.22. The largest absolute Gasteiger partial charge is 0.357 e. The molecule has 2 rings (SSSR count). The van der Waals surface area contributed by atoms with Crippen LogP contribution in [0.3, 0.4) is 0 Å². The Labute approximate surface area is 126 Å². The highest BCUT2D eigenvalue weighted by atomic mass is 15.2. The number of aromatic nitrogens is 2. The van der Waals surface area contributed by atoms with Crippen LogP contribution in [-0.4, -0.2) is 28.8 Å². The summed E-state index contributed by atoms with van der Waals surface area (Å²) in [6.45, 7) is 6.49. The van der Waals surface area contributed by atoms with Crippen molar-refractivity contribution in [3.8, 4) is 11.1 Å². The molecule has 5 nitrogen and oxygen atoms in total. The minimum Gasteiger partial charge on any atom is -0.357 e. The quantitative estimate of drug-likeness (QED) is 0.654. The molecule has 0 aliphatic heterocycles. The van der Waals surface area contributed by atoms with Gasteiger partial charge in [0.25, 0.3) is 0 Å². The minimum atomic E-state index is 0.639. The van der Waals surface area contributed by atoms with Gasteiger partial charge in [-0.05, 0) is 25.0 Å². The van der Waals surface area contributed by atoms with E-state index in [0.717, 1.165) is 24.6 Å². The van der Waals surface area contributed by atoms with Crippen molar-refractivity contribution in [1.29, 1.82) is 0 Å². The number of aliphatic imine (C=N–C) groups is 1. The number of hydrogen-bond donors (Lipinski definition) is 2. The second-order valence-electron chi connectivity index (χ2n) is 4.79. The highest BCUT2D eigenvalue weighted by molar-refractivity contribution is 5.79. The zero-order chi connectivity index (χ0) is 15.1. The standard InChI is InChI=1S/C16H23N5/c1-4-17-16(18-5-2)19-10-13-8-6-7-9-15(13)14-11-20-21(3)12-14/h6-9,11-12H,4-5,10H2,1-3H3,(H2,17,18,19). The molecule has 0 aliphatic rings. The molecule has 2 aromatic rings. The molecule has 112 valence electrons. The van der Waals surface area contributed by atoms with Crippen molar-refractivity contribution in [3.63, 3.8) is 0 Å². The topological polar surface area (TPSA) is 54.2 Å². The Morgan fingerprint density at radius 3 is 2.52 bits per heavy atom. The Morgan fingerprint density at radius 2 is 1.90 bits per heavy atom. The molecule has 0 unspecified atom stereocenters. The van der Waals surface area contributed by atoms with Crippen molar-refractivity contribution >= 4 is 5.96 Å². The summed E-state index contributed by atoms with van der Waals surface area (Å²) in [5, 5.41) is 10.7. The molecular weight excluding hydrogens is 262 g/mol. The van der Waals surface area contributed by atoms with Gasteiger partial charge in [0.1, 0.15) is 0 Å². The lowest BCUT2D eigenvalue weighted by atomic mass is 10.0. The molecular formula is C16H23N5. The van der Waals surface area contributed by atoms with Gasteiger partial charge in [-0.25, -0.2) is 4.99 Å². The molecule has 0 spiro atoms. The first-order chi connectivity index (χ1) is 10.2. The van der Waals surface area contributed by atoms with E-state index < -0.39 is 0 Å². The fourth-order valence-electron chi connectivity index (χ4n) is 2.17. The Hall–Kier alpha value is -2.30. The van der Waals surface area contributed by atoms with E-state index in [9.17, 15) is 0 Å². The molecule has 0 amide bonds. The molecule has 0 radical (unpaired) electrons. The molecule has 0 atom stereocenters. The van der Waals surface area contributed by atoms with E-state index in [1.165, 1.54) is 11.1 Å². The highest BCUT2D eigenvalue weighted by Crippen LogP contribution is 2.23. The van der Waals surface area contributed by atoms with E-state index in [1.807, 2.05) is 36.3 Å². The molecule has 1 aromatic heterocycles. The predicted molar refractivity (Wildman–Crippen MR) is 87.1 cm³/mol. The van der Waals surface area contributed by atoms with Crippen LogP contribution in [0, 0.1) is 0 Å². The number of guanidine groups is 1. The minimum absolute atomic E-state index is 0.639. The van der Waals surface area contributed by atoms with Crippen LogP contribution >= 0.6 is 0 Å². The zero-order valence-corrected chi connectivity index (χ0v) is 12.9. The number of hydrogen-bond acceptors (Lipinski definition) is 2. The summed E-state index contributed by atoms with van der Waals surface area (Å²) >= 11 is 0. The molecule has 5 heteroatoms. The van der Waals surface area contributed by atoms with Gasteiger partial charge in [0.05, 0.1) is 12.7 Å². The summed E-state index contributed by atoms with van der Waals surface area (Å²) in [5.41, 5.74) is 3.50. The number of nitrogens with one attached hydrogen (secondary N) is 2. The van der Waals surface area contributed by atoms with Gasteiger partial charge in [-0.3, -0.25) is 4.68 Å². The van der Waals surface area contributed by atoms with E-state index in [2.05, 4.69) is 46.7 Å². The lowest BCUT2D eigenvalue weighted by Gasteiger charge is -2.10. The van der Waals surface area contributed by atoms with Gasteiger partial charge in [0.15, 0.2) is 5.96 Å². The predicted octanol–water partition coefficient (Wildman–Crippen LogP) is 2.16. The van der Waals surface area contributed by atoms with E-state index in [4.69, 9.17) is 0 Å². The fourth-order valence-corrected chi connectivity index (χ4v) is 2.17. The lowest BCUT2D eigenvalue weighted by Crippen LogP contribution is -2.36. The lowest BCUT2D eigenvalue weighted by molar-refractivity contribution is 0.768. The van der Waals surface area contributed by atoms with Crippen LogP contribution in [0.2, 0.25) is 0 Å². The third-order valence-corrected chi connectivity index (χ3v) is 3.13. The Kier molecular flexibility index (Phi) is 5.37. The highest BCUT2D eigenvalue weighted by Gasteiger charge is 2.06. The van der Waals surface area contributed by atoms with Crippen LogP contribution < -0.4 is 10.6 Å². The van der Waals surface area contributed by atoms with Crippen molar-refractivity contribution < 1.29 is 0 Å². The van der Waals surface area contributed by atoms with E-state index in [0.29, 0.717) is 6.54 Å². The third-order valence-electron chi connectivity index (χ3n) is 3.13. The molecule has 0 saturated heterocycles. The molecule has 2 N–H and O–H groups in total. The van der Waals surface area contributed by atoms with Crippen molar-refractivity contribution in [3.05, 3.63) is 42.2 Å². The van der Waals surface area contributed by atoms with Gasteiger partial charge in [0, 0.05) is 31.9 Å². The monoisotopic (exact) mass is 285 g/mol. The molecule has 1 aromatic carbocycles. The van der Waals surface area contributed by atoms with Gasteiger partial charge >= 0.3 is 0 Å². The summed E-state index contributed by atoms with van der Waals surface area (Å²) in [7, 11) is 1.93. The van der Waals surface area contributed by atoms with Gasteiger partial charge in [-0.2, -0.15) is 5.10 Å². The van der Waals surface area contributed by atoms with Crippen LogP contribution in [0.4, 0.5) is 0 Å². The maximum Gasteiger partial charge on any atom is 0.191 e. The van der Waals surface area contributed by atoms with Crippen LogP contribution in [0.25, 0.3) is 11.1 Å². The molecule has 0 aliphatic carbocycles. The summed E-state index contributed by atoms with van der Waals surface area (Å²) in [5.74, 6) is 0.848. The molecule has 0 bridgehead atoms. The van der Waals surface area contributed by atoms with Crippen molar-refractivity contribution in [2.24, 2.45) is 12.0 Å². The molecule has 21 heavy (non-hydrogen) atoms. The van der Waals surface area contributed by atoms with E-state index in [-0.39, 0.29) is 0 Å². The maximum absolute atomic E-state index is 4.63. The van der Waals surface area contributed by atoms with Gasteiger partial charge < -0.3 is 10.6 Å². The van der Waals surface area contributed by atoms with Gasteiger partial charge in [-0.1, -0.05) is 24.3 Å². The average molecular weight is 285 g/mol. The SMILES string of the molecule is CCNC(=NCc1ccccc1-c1cnn(C)c1)NCC. The summed E-state index contributed by atoms with van der Waals surface area (Å²) in [6, 6.07) is 8.32. The Bertz CT molecular complexity index is 592. The average Bonchev–Trinajstić information content (AvgIpc) is 2.92. The van der Waals surface area contributed by atoms with Gasteiger partial charge in [-0.15, -0.1) is 0 Å². The van der Waals surface area contributed by atoms with E-state index in [1.54, 1.807) is 0 Å². The third kappa shape index (κ3) is 4.08. The molecule has 1 heterocycles. The fraction of sp³-hybridized carbons (Fsp3) is 0.375. The van der Waals surface area contributed by atoms with Crippen LogP contribution in [0.5, 0.6) is 0 Å². The van der Waals surface area contributed by atoms with Crippen LogP contribution in [0.1, 0.15) is 19.4 Å². The molecule has 0 saturated carbocycles. The number of nitrogens with zero attached hydrogens (tertiary/aromatic N) is 3. The van der Waals surface area contributed by atoms with Crippen molar-refractivity contribution in [2.75, 3.05) is 13.1 Å². The Morgan fingerprint density at radius 1 is 1.19 bits per heavy atom. The maximum atomic E-state index is 4.63. The first-order valence-corrected chi connectivity index (χ1v) is 7.33. The van der Waals surface area contributed by atoms with E-state index >= 15 is 0 Å². The first kappa shape index (κ1) is 15.1. The summed E-state index contributed by atoms with van der Waals surface area (Å²) < 4.78 is 1.82. The molecule has 0 fully saturated rings. The van der Waals surface area contributed by atoms with Gasteiger partial charge in [0.2, 0.25) is 0 Å².